The number of rotatable bonds is 6. The molecule has 1 heterocycles. The fourth-order valence-electron chi connectivity index (χ4n) is 2.10. The lowest BCUT2D eigenvalue weighted by Gasteiger charge is -2.11. The molecule has 0 aliphatic carbocycles. The van der Waals surface area contributed by atoms with Crippen molar-refractivity contribution in [3.05, 3.63) is 39.7 Å². The summed E-state index contributed by atoms with van der Waals surface area (Å²) in [7, 11) is 0. The van der Waals surface area contributed by atoms with Crippen LogP contribution in [-0.2, 0) is 4.79 Å². The lowest BCUT2D eigenvalue weighted by atomic mass is 10.1. The first-order chi connectivity index (χ1) is 11.8. The molecule has 2 N–H and O–H groups in total. The number of carbonyl (C=O) groups excluding carboxylic acids is 1. The molecule has 0 saturated heterocycles. The molecule has 10 nitrogen and oxygen atoms in total. The highest BCUT2D eigenvalue weighted by Gasteiger charge is 2.26. The summed E-state index contributed by atoms with van der Waals surface area (Å²) in [5.74, 6) is -0.631. The average molecular weight is 347 g/mol. The third kappa shape index (κ3) is 4.10. The smallest absolute Gasteiger partial charge is 0.323 e. The molecule has 0 spiro atoms. The number of hydrogen-bond donors (Lipinski definition) is 1. The molecule has 2 aromatic rings. The Bertz CT molecular complexity index is 843. The van der Waals surface area contributed by atoms with Crippen LogP contribution >= 0.6 is 0 Å². The van der Waals surface area contributed by atoms with Gasteiger partial charge in [0.05, 0.1) is 35.2 Å². The first-order valence-electron chi connectivity index (χ1n) is 7.31. The van der Waals surface area contributed by atoms with Crippen molar-refractivity contribution in [3.8, 4) is 11.5 Å². The van der Waals surface area contributed by atoms with E-state index in [0.717, 1.165) is 0 Å². The monoisotopic (exact) mass is 347 g/mol. The van der Waals surface area contributed by atoms with E-state index >= 15 is 0 Å². The van der Waals surface area contributed by atoms with Crippen molar-refractivity contribution >= 4 is 23.8 Å². The number of imidazole rings is 1. The minimum absolute atomic E-state index is 0.0313. The zero-order valence-electron chi connectivity index (χ0n) is 13.9. The van der Waals surface area contributed by atoms with Crippen LogP contribution in [0.5, 0.6) is 11.5 Å². The molecule has 0 unspecified atom stereocenters. The average Bonchev–Trinajstić information content (AvgIpc) is 2.84. The Kier molecular flexibility index (Phi) is 5.32. The summed E-state index contributed by atoms with van der Waals surface area (Å²) in [4.78, 5) is 26.1. The van der Waals surface area contributed by atoms with E-state index in [4.69, 9.17) is 15.2 Å². The van der Waals surface area contributed by atoms with Gasteiger partial charge in [0.2, 0.25) is 11.7 Å². The number of benzene rings is 1. The van der Waals surface area contributed by atoms with Crippen molar-refractivity contribution in [2.75, 3.05) is 12.3 Å². The van der Waals surface area contributed by atoms with Gasteiger partial charge in [0, 0.05) is 6.92 Å². The van der Waals surface area contributed by atoms with Crippen LogP contribution in [0.2, 0.25) is 0 Å². The molecule has 0 aliphatic rings. The number of nitrogens with zero attached hydrogens (tertiary/aromatic N) is 4. The third-order valence-corrected chi connectivity index (χ3v) is 3.01. The van der Waals surface area contributed by atoms with Gasteiger partial charge >= 0.3 is 11.7 Å². The van der Waals surface area contributed by atoms with E-state index in [1.165, 1.54) is 29.9 Å². The summed E-state index contributed by atoms with van der Waals surface area (Å²) >= 11 is 0. The molecule has 10 heteroatoms. The predicted octanol–water partition coefficient (Wildman–Crippen LogP) is 1.89. The SMILES string of the molecule is CCOc1c(OC(C)=O)ccc(C=Nn2cc(C)nc2N)c1[N+](=O)[O-]. The van der Waals surface area contributed by atoms with E-state index in [9.17, 15) is 14.9 Å². The predicted molar refractivity (Wildman–Crippen MR) is 89.9 cm³/mol. The van der Waals surface area contributed by atoms with Crippen LogP contribution in [0.3, 0.4) is 0 Å². The highest BCUT2D eigenvalue weighted by atomic mass is 16.6. The minimum Gasteiger partial charge on any atom is -0.485 e. The highest BCUT2D eigenvalue weighted by molar-refractivity contribution is 5.89. The van der Waals surface area contributed by atoms with Gasteiger partial charge in [0.1, 0.15) is 0 Å². The quantitative estimate of drug-likeness (QED) is 0.277. The van der Waals surface area contributed by atoms with Gasteiger partial charge in [-0.2, -0.15) is 5.10 Å². The molecule has 1 aromatic heterocycles. The number of nitrogen functional groups attached to an aromatic ring is 1. The lowest BCUT2D eigenvalue weighted by molar-refractivity contribution is -0.386. The molecule has 2 rings (SSSR count). The molecule has 132 valence electrons. The number of nitro benzene ring substituents is 1. The second-order valence-electron chi connectivity index (χ2n) is 4.94. The van der Waals surface area contributed by atoms with Crippen LogP contribution < -0.4 is 15.2 Å². The Morgan fingerprint density at radius 1 is 1.52 bits per heavy atom. The Morgan fingerprint density at radius 2 is 2.24 bits per heavy atom. The van der Waals surface area contributed by atoms with Gasteiger partial charge in [-0.1, -0.05) is 0 Å². The standard InChI is InChI=1S/C15H17N5O5/c1-4-24-14-12(25-10(3)21)6-5-11(13(14)20(22)23)7-17-19-8-9(2)18-15(19)16/h5-8H,4H2,1-3H3,(H2,16,18). The fraction of sp³-hybridized carbons (Fsp3) is 0.267. The summed E-state index contributed by atoms with van der Waals surface area (Å²) in [5.41, 5.74) is 6.14. The molecule has 0 fully saturated rings. The maximum atomic E-state index is 11.5. The largest absolute Gasteiger partial charge is 0.485 e. The lowest BCUT2D eigenvalue weighted by Crippen LogP contribution is -2.08. The van der Waals surface area contributed by atoms with Crippen LogP contribution in [0.25, 0.3) is 0 Å². The molecule has 0 aliphatic heterocycles. The molecule has 0 saturated carbocycles. The molecule has 25 heavy (non-hydrogen) atoms. The topological polar surface area (TPSA) is 135 Å². The molecule has 1 aromatic carbocycles. The van der Waals surface area contributed by atoms with E-state index in [2.05, 4.69) is 10.1 Å². The zero-order valence-corrected chi connectivity index (χ0v) is 13.9. The number of anilines is 1. The second kappa shape index (κ2) is 7.43. The zero-order chi connectivity index (χ0) is 18.6. The molecule has 0 bridgehead atoms. The van der Waals surface area contributed by atoms with Crippen LogP contribution in [0.15, 0.2) is 23.4 Å². The van der Waals surface area contributed by atoms with Gasteiger partial charge in [-0.15, -0.1) is 0 Å². The second-order valence-corrected chi connectivity index (χ2v) is 4.94. The van der Waals surface area contributed by atoms with Crippen LogP contribution in [0.4, 0.5) is 11.6 Å². The Balaban J connectivity index is 2.53. The van der Waals surface area contributed by atoms with E-state index < -0.39 is 10.9 Å². The Hall–Kier alpha value is -3.43. The van der Waals surface area contributed by atoms with Crippen LogP contribution in [0.1, 0.15) is 25.1 Å². The Labute approximate surface area is 143 Å². The summed E-state index contributed by atoms with van der Waals surface area (Å²) in [6.07, 6.45) is 2.84. The van der Waals surface area contributed by atoms with Gasteiger partial charge < -0.3 is 15.2 Å². The van der Waals surface area contributed by atoms with E-state index in [0.29, 0.717) is 5.69 Å². The molecule has 0 atom stereocenters. The van der Waals surface area contributed by atoms with Crippen molar-refractivity contribution in [3.63, 3.8) is 0 Å². The van der Waals surface area contributed by atoms with Crippen molar-refractivity contribution in [2.45, 2.75) is 20.8 Å². The van der Waals surface area contributed by atoms with Crippen molar-refractivity contribution < 1.29 is 19.2 Å². The maximum Gasteiger partial charge on any atom is 0.323 e. The number of nitrogens with two attached hydrogens (primary N) is 1. The van der Waals surface area contributed by atoms with Gasteiger partial charge in [0.15, 0.2) is 5.75 Å². The highest BCUT2D eigenvalue weighted by Crippen LogP contribution is 2.39. The Morgan fingerprint density at radius 3 is 2.76 bits per heavy atom. The van der Waals surface area contributed by atoms with Crippen molar-refractivity contribution in [2.24, 2.45) is 5.10 Å². The summed E-state index contributed by atoms with van der Waals surface area (Å²) in [6, 6.07) is 2.81. The van der Waals surface area contributed by atoms with Crippen molar-refractivity contribution in [1.29, 1.82) is 0 Å². The first-order valence-corrected chi connectivity index (χ1v) is 7.31. The number of ether oxygens (including phenoxy) is 2. The number of aryl methyl sites for hydroxylation is 1. The molecular formula is C15H17N5O5. The fourth-order valence-corrected chi connectivity index (χ4v) is 2.10. The van der Waals surface area contributed by atoms with Crippen LogP contribution in [-0.4, -0.2) is 33.4 Å². The van der Waals surface area contributed by atoms with Gasteiger partial charge in [-0.05, 0) is 26.0 Å². The molecule has 0 radical (unpaired) electrons. The number of carbonyl (C=O) groups is 1. The molecular weight excluding hydrogens is 330 g/mol. The maximum absolute atomic E-state index is 11.5. The van der Waals surface area contributed by atoms with Gasteiger partial charge in [-0.25, -0.2) is 9.66 Å². The summed E-state index contributed by atoms with van der Waals surface area (Å²) in [6.45, 7) is 4.76. The minimum atomic E-state index is -0.623. The summed E-state index contributed by atoms with van der Waals surface area (Å²) in [5, 5.41) is 15.6. The van der Waals surface area contributed by atoms with Gasteiger partial charge in [0.25, 0.3) is 0 Å². The third-order valence-electron chi connectivity index (χ3n) is 3.01. The van der Waals surface area contributed by atoms with Crippen LogP contribution in [0, 0.1) is 17.0 Å². The van der Waals surface area contributed by atoms with E-state index in [-0.39, 0.29) is 35.3 Å². The van der Waals surface area contributed by atoms with E-state index in [1.54, 1.807) is 20.0 Å². The number of aromatic nitrogens is 2. The van der Waals surface area contributed by atoms with Crippen molar-refractivity contribution in [1.82, 2.24) is 9.66 Å². The first kappa shape index (κ1) is 17.9. The summed E-state index contributed by atoms with van der Waals surface area (Å²) < 4.78 is 11.6. The van der Waals surface area contributed by atoms with E-state index in [1.807, 2.05) is 0 Å². The number of hydrogen-bond acceptors (Lipinski definition) is 8. The van der Waals surface area contributed by atoms with Gasteiger partial charge in [-0.3, -0.25) is 14.9 Å². The number of nitro groups is 1. The normalized spacial score (nSPS) is 10.8. The number of esters is 1. The molecule has 0 amide bonds.